The van der Waals surface area contributed by atoms with Crippen LogP contribution in [0.25, 0.3) is 10.9 Å². The summed E-state index contributed by atoms with van der Waals surface area (Å²) in [6.07, 6.45) is 2.07. The monoisotopic (exact) mass is 388 g/mol. The second-order valence-corrected chi connectivity index (χ2v) is 6.92. The minimum absolute atomic E-state index is 0. The van der Waals surface area contributed by atoms with Gasteiger partial charge in [0.25, 0.3) is 0 Å². The average molecular weight is 389 g/mol. The first-order valence-electron chi connectivity index (χ1n) is 9.08. The number of piperidine rings is 1. The minimum Gasteiger partial charge on any atom is -0.335 e. The largest absolute Gasteiger partial charge is 0.335 e. The first-order chi connectivity index (χ1) is 12.6. The van der Waals surface area contributed by atoms with Crippen molar-refractivity contribution in [3.63, 3.8) is 0 Å². The third-order valence-electron chi connectivity index (χ3n) is 5.05. The van der Waals surface area contributed by atoms with E-state index in [4.69, 9.17) is 0 Å². The van der Waals surface area contributed by atoms with E-state index in [9.17, 15) is 4.79 Å². The Morgan fingerprint density at radius 2 is 2.04 bits per heavy atom. The van der Waals surface area contributed by atoms with Crippen LogP contribution in [0.3, 0.4) is 0 Å². The number of aryl methyl sites for hydroxylation is 2. The first kappa shape index (κ1) is 19.4. The van der Waals surface area contributed by atoms with Crippen molar-refractivity contribution in [1.29, 1.82) is 0 Å². The van der Waals surface area contributed by atoms with E-state index in [1.54, 1.807) is 4.68 Å². The Bertz CT molecular complexity index is 941. The van der Waals surface area contributed by atoms with Crippen LogP contribution in [-0.4, -0.2) is 38.3 Å². The van der Waals surface area contributed by atoms with Crippen LogP contribution < -0.4 is 10.6 Å². The molecule has 3 heterocycles. The summed E-state index contributed by atoms with van der Waals surface area (Å²) in [6.45, 7) is 4.26. The number of hydrogen-bond acceptors (Lipinski definition) is 4. The van der Waals surface area contributed by atoms with Gasteiger partial charge in [-0.2, -0.15) is 10.1 Å². The maximum Gasteiger partial charge on any atom is 0.246 e. The third kappa shape index (κ3) is 3.99. The van der Waals surface area contributed by atoms with Gasteiger partial charge in [0, 0.05) is 24.2 Å². The number of anilines is 1. The quantitative estimate of drug-likeness (QED) is 0.720. The van der Waals surface area contributed by atoms with Crippen molar-refractivity contribution in [2.24, 2.45) is 7.05 Å². The summed E-state index contributed by atoms with van der Waals surface area (Å²) in [4.78, 5) is 17.2. The molecule has 2 N–H and O–H groups in total. The molecule has 0 bridgehead atoms. The average Bonchev–Trinajstić information content (AvgIpc) is 3.16. The highest BCUT2D eigenvalue weighted by molar-refractivity contribution is 5.91. The van der Waals surface area contributed by atoms with Crippen LogP contribution in [0, 0.1) is 6.92 Å². The predicted octanol–water partition coefficient (Wildman–Crippen LogP) is 2.61. The molecule has 3 aromatic rings. The molecule has 1 fully saturated rings. The standard InChI is InChI=1S/C19H24N6O.ClH/c1-13-11-15-5-3-4-6-16(15)25(13)12-17(26)21-19-22-18(23-24(19)2)14-7-9-20-10-8-14;/h3-6,11,14,20H,7-10,12H2,1-2H3,(H,21,22,23,26);1H. The Kier molecular flexibility index (Phi) is 5.82. The van der Waals surface area contributed by atoms with Gasteiger partial charge < -0.3 is 9.88 Å². The van der Waals surface area contributed by atoms with Crippen LogP contribution in [0.15, 0.2) is 30.3 Å². The molecule has 0 saturated carbocycles. The Labute approximate surface area is 164 Å². The van der Waals surface area contributed by atoms with Crippen molar-refractivity contribution in [2.45, 2.75) is 32.2 Å². The number of fused-ring (bicyclic) bond motifs is 1. The molecular weight excluding hydrogens is 364 g/mol. The molecule has 0 radical (unpaired) electrons. The van der Waals surface area contributed by atoms with Crippen molar-refractivity contribution in [1.82, 2.24) is 24.6 Å². The highest BCUT2D eigenvalue weighted by Gasteiger charge is 2.21. The molecule has 0 unspecified atom stereocenters. The number of nitrogens with zero attached hydrogens (tertiary/aromatic N) is 4. The lowest BCUT2D eigenvalue weighted by molar-refractivity contribution is -0.116. The number of nitrogens with one attached hydrogen (secondary N) is 2. The van der Waals surface area contributed by atoms with E-state index in [0.29, 0.717) is 11.9 Å². The molecule has 0 spiro atoms. The molecule has 1 aliphatic heterocycles. The number of aromatic nitrogens is 4. The minimum atomic E-state index is -0.0955. The number of hydrogen-bond donors (Lipinski definition) is 2. The first-order valence-corrected chi connectivity index (χ1v) is 9.08. The van der Waals surface area contributed by atoms with Crippen LogP contribution in [0.4, 0.5) is 5.95 Å². The van der Waals surface area contributed by atoms with E-state index in [0.717, 1.165) is 48.4 Å². The molecule has 1 aromatic carbocycles. The van der Waals surface area contributed by atoms with Crippen molar-refractivity contribution in [3.05, 3.63) is 41.9 Å². The third-order valence-corrected chi connectivity index (χ3v) is 5.05. The van der Waals surface area contributed by atoms with Gasteiger partial charge in [-0.25, -0.2) is 4.68 Å². The summed E-state index contributed by atoms with van der Waals surface area (Å²) in [5.74, 6) is 1.61. The maximum atomic E-state index is 12.6. The van der Waals surface area contributed by atoms with Crippen molar-refractivity contribution >= 4 is 35.2 Å². The molecule has 0 aliphatic carbocycles. The smallest absolute Gasteiger partial charge is 0.246 e. The fourth-order valence-corrected chi connectivity index (χ4v) is 3.63. The number of carbonyl (C=O) groups is 1. The molecule has 2 aromatic heterocycles. The van der Waals surface area contributed by atoms with Gasteiger partial charge in [0.2, 0.25) is 11.9 Å². The van der Waals surface area contributed by atoms with E-state index in [2.05, 4.69) is 32.8 Å². The number of para-hydroxylation sites is 1. The van der Waals surface area contributed by atoms with Gasteiger partial charge in [0.1, 0.15) is 6.54 Å². The van der Waals surface area contributed by atoms with Crippen LogP contribution >= 0.6 is 12.4 Å². The summed E-state index contributed by atoms with van der Waals surface area (Å²) in [7, 11) is 1.82. The number of halogens is 1. The van der Waals surface area contributed by atoms with Gasteiger partial charge in [0.05, 0.1) is 0 Å². The Balaban J connectivity index is 0.00000210. The predicted molar refractivity (Wildman–Crippen MR) is 108 cm³/mol. The summed E-state index contributed by atoms with van der Waals surface area (Å²) in [5.41, 5.74) is 2.13. The van der Waals surface area contributed by atoms with Gasteiger partial charge in [-0.15, -0.1) is 12.4 Å². The highest BCUT2D eigenvalue weighted by Crippen LogP contribution is 2.23. The fraction of sp³-hybridized carbons (Fsp3) is 0.421. The molecule has 27 heavy (non-hydrogen) atoms. The summed E-state index contributed by atoms with van der Waals surface area (Å²) in [6, 6.07) is 10.2. The molecule has 1 aliphatic rings. The molecule has 0 atom stereocenters. The van der Waals surface area contributed by atoms with E-state index in [-0.39, 0.29) is 24.9 Å². The SMILES string of the molecule is Cc1cc2ccccc2n1CC(=O)Nc1nc(C2CCNCC2)nn1C.Cl. The van der Waals surface area contributed by atoms with Gasteiger partial charge >= 0.3 is 0 Å². The summed E-state index contributed by atoms with van der Waals surface area (Å²) >= 11 is 0. The Morgan fingerprint density at radius 1 is 1.30 bits per heavy atom. The highest BCUT2D eigenvalue weighted by atomic mass is 35.5. The van der Waals surface area contributed by atoms with Gasteiger partial charge in [-0.05, 0) is 50.4 Å². The number of carbonyl (C=O) groups excluding carboxylic acids is 1. The Hall–Kier alpha value is -2.38. The topological polar surface area (TPSA) is 76.8 Å². The van der Waals surface area contributed by atoms with E-state index < -0.39 is 0 Å². The summed E-state index contributed by atoms with van der Waals surface area (Å²) in [5, 5.41) is 11.9. The van der Waals surface area contributed by atoms with Crippen molar-refractivity contribution < 1.29 is 4.79 Å². The van der Waals surface area contributed by atoms with Crippen LogP contribution in [0.2, 0.25) is 0 Å². The zero-order chi connectivity index (χ0) is 18.1. The van der Waals surface area contributed by atoms with Gasteiger partial charge in [-0.3, -0.25) is 10.1 Å². The van der Waals surface area contributed by atoms with E-state index in [1.165, 1.54) is 0 Å². The zero-order valence-corrected chi connectivity index (χ0v) is 16.4. The summed E-state index contributed by atoms with van der Waals surface area (Å²) < 4.78 is 3.69. The molecule has 1 amide bonds. The maximum absolute atomic E-state index is 12.6. The zero-order valence-electron chi connectivity index (χ0n) is 15.6. The lowest BCUT2D eigenvalue weighted by Crippen LogP contribution is -2.27. The Morgan fingerprint density at radius 3 is 2.81 bits per heavy atom. The lowest BCUT2D eigenvalue weighted by atomic mass is 9.98. The second kappa shape index (κ2) is 8.10. The van der Waals surface area contributed by atoms with Gasteiger partial charge in [-0.1, -0.05) is 18.2 Å². The molecule has 4 rings (SSSR count). The lowest BCUT2D eigenvalue weighted by Gasteiger charge is -2.19. The molecule has 7 nitrogen and oxygen atoms in total. The molecule has 144 valence electrons. The van der Waals surface area contributed by atoms with E-state index >= 15 is 0 Å². The fourth-order valence-electron chi connectivity index (χ4n) is 3.63. The van der Waals surface area contributed by atoms with Crippen LogP contribution in [0.1, 0.15) is 30.3 Å². The normalized spacial score (nSPS) is 14.9. The van der Waals surface area contributed by atoms with Crippen LogP contribution in [0.5, 0.6) is 0 Å². The molecule has 1 saturated heterocycles. The molecule has 8 heteroatoms. The number of rotatable bonds is 4. The number of benzene rings is 1. The van der Waals surface area contributed by atoms with Gasteiger partial charge in [0.15, 0.2) is 5.82 Å². The van der Waals surface area contributed by atoms with Crippen LogP contribution in [-0.2, 0) is 18.4 Å². The second-order valence-electron chi connectivity index (χ2n) is 6.92. The number of amides is 1. The van der Waals surface area contributed by atoms with E-state index in [1.807, 2.05) is 36.7 Å². The van der Waals surface area contributed by atoms with Crippen molar-refractivity contribution in [2.75, 3.05) is 18.4 Å². The molecular formula is C19H25ClN6O. The van der Waals surface area contributed by atoms with Crippen molar-refractivity contribution in [3.8, 4) is 0 Å².